The number of benzene rings is 1. The molecule has 0 radical (unpaired) electrons. The number of anilines is 1. The van der Waals surface area contributed by atoms with Crippen molar-refractivity contribution < 1.29 is 22.8 Å². The summed E-state index contributed by atoms with van der Waals surface area (Å²) in [5, 5.41) is 4.96. The zero-order valence-electron chi connectivity index (χ0n) is 14.2. The molecule has 3 rings (SSSR count). The fraction of sp³-hybridized carbons (Fsp3) is 0.353. The highest BCUT2D eigenvalue weighted by molar-refractivity contribution is 6.29. The third-order valence-electron chi connectivity index (χ3n) is 4.29. The smallest absolute Gasteiger partial charge is 0.342 e. The molecule has 0 bridgehead atoms. The molecular formula is C17H16ClF3N4O2. The second kappa shape index (κ2) is 7.22. The van der Waals surface area contributed by atoms with E-state index < -0.39 is 35.5 Å². The minimum absolute atomic E-state index is 0.118. The van der Waals surface area contributed by atoms with Crippen LogP contribution in [0.4, 0.5) is 18.9 Å². The van der Waals surface area contributed by atoms with E-state index in [0.29, 0.717) is 12.2 Å². The molecule has 2 heterocycles. The summed E-state index contributed by atoms with van der Waals surface area (Å²) in [6.07, 6.45) is -0.691. The first kappa shape index (κ1) is 19.2. The van der Waals surface area contributed by atoms with E-state index in [4.69, 9.17) is 11.6 Å². The van der Waals surface area contributed by atoms with Gasteiger partial charge in [-0.2, -0.15) is 13.2 Å². The van der Waals surface area contributed by atoms with Gasteiger partial charge >= 0.3 is 6.18 Å². The molecule has 2 aromatic rings. The van der Waals surface area contributed by atoms with Gasteiger partial charge in [0.2, 0.25) is 5.91 Å². The fourth-order valence-corrected chi connectivity index (χ4v) is 3.15. The first-order chi connectivity index (χ1) is 12.7. The van der Waals surface area contributed by atoms with Gasteiger partial charge in [0.05, 0.1) is 11.6 Å². The Morgan fingerprint density at radius 1 is 1.33 bits per heavy atom. The van der Waals surface area contributed by atoms with Crippen molar-refractivity contribution in [1.82, 2.24) is 14.9 Å². The van der Waals surface area contributed by atoms with E-state index in [0.717, 1.165) is 12.1 Å². The summed E-state index contributed by atoms with van der Waals surface area (Å²) < 4.78 is 41.4. The Bertz CT molecular complexity index is 881. The number of imidazole rings is 1. The monoisotopic (exact) mass is 400 g/mol. The van der Waals surface area contributed by atoms with Crippen molar-refractivity contribution in [3.8, 4) is 0 Å². The number of carbonyl (C=O) groups excluding carboxylic acids is 2. The van der Waals surface area contributed by atoms with Crippen molar-refractivity contribution in [2.45, 2.75) is 31.6 Å². The lowest BCUT2D eigenvalue weighted by atomic mass is 10.1. The molecule has 2 unspecified atom stereocenters. The summed E-state index contributed by atoms with van der Waals surface area (Å²) in [7, 11) is 0. The second-order valence-electron chi connectivity index (χ2n) is 6.28. The van der Waals surface area contributed by atoms with Gasteiger partial charge in [-0.25, -0.2) is 4.98 Å². The van der Waals surface area contributed by atoms with Crippen molar-refractivity contribution >= 4 is 29.1 Å². The number of nitrogens with one attached hydrogen (secondary N) is 2. The summed E-state index contributed by atoms with van der Waals surface area (Å²) in [6, 6.07) is 2.40. The van der Waals surface area contributed by atoms with E-state index in [2.05, 4.69) is 15.6 Å². The molecule has 0 spiro atoms. The van der Waals surface area contributed by atoms with Crippen LogP contribution in [0.15, 0.2) is 30.6 Å². The maximum Gasteiger partial charge on any atom is 0.416 e. The molecule has 1 aromatic heterocycles. The number of fused-ring (bicyclic) bond motifs is 1. The molecule has 27 heavy (non-hydrogen) atoms. The Kier molecular flexibility index (Phi) is 5.14. The van der Waals surface area contributed by atoms with Gasteiger partial charge in [0.25, 0.3) is 5.91 Å². The van der Waals surface area contributed by atoms with Crippen LogP contribution >= 0.6 is 11.6 Å². The minimum Gasteiger partial charge on any atom is -0.342 e. The molecule has 2 atom stereocenters. The fourth-order valence-electron chi connectivity index (χ4n) is 3.08. The summed E-state index contributed by atoms with van der Waals surface area (Å²) in [6.45, 7) is 1.96. The van der Waals surface area contributed by atoms with E-state index in [1.165, 1.54) is 6.07 Å². The third-order valence-corrected chi connectivity index (χ3v) is 4.54. The Hall–Kier alpha value is -2.55. The Balaban J connectivity index is 1.87. The maximum absolute atomic E-state index is 13.2. The molecule has 1 aliphatic rings. The Labute approximate surface area is 157 Å². The van der Waals surface area contributed by atoms with E-state index >= 15 is 0 Å². The molecule has 0 fully saturated rings. The molecule has 2 amide bonds. The standard InChI is InChI=1S/C17H16ClF3N4O2/c1-9-4-13(15-22-2-3-25(9)15)24-16(27)10-5-11(17(19,20)21)7-12(6-10)23-14(26)8-18/h2-3,5-7,9,13H,4,8H2,1H3,(H,23,26)(H,24,27). The molecule has 1 aliphatic heterocycles. The van der Waals surface area contributed by atoms with E-state index in [9.17, 15) is 22.8 Å². The van der Waals surface area contributed by atoms with Gasteiger partial charge in [-0.1, -0.05) is 0 Å². The van der Waals surface area contributed by atoms with Crippen molar-refractivity contribution in [3.63, 3.8) is 0 Å². The van der Waals surface area contributed by atoms with Crippen LogP contribution in [0.1, 0.15) is 47.2 Å². The van der Waals surface area contributed by atoms with Gasteiger partial charge in [0.15, 0.2) is 0 Å². The lowest BCUT2D eigenvalue weighted by Crippen LogP contribution is -2.28. The van der Waals surface area contributed by atoms with Gasteiger partial charge in [0.1, 0.15) is 11.7 Å². The summed E-state index contributed by atoms with van der Waals surface area (Å²) in [4.78, 5) is 28.2. The highest BCUT2D eigenvalue weighted by Crippen LogP contribution is 2.34. The van der Waals surface area contributed by atoms with Gasteiger partial charge in [-0.05, 0) is 31.5 Å². The average molecular weight is 401 g/mol. The summed E-state index contributed by atoms with van der Waals surface area (Å²) in [5.41, 5.74) is -1.41. The Morgan fingerprint density at radius 3 is 2.74 bits per heavy atom. The van der Waals surface area contributed by atoms with Crippen LogP contribution in [0.2, 0.25) is 0 Å². The van der Waals surface area contributed by atoms with Crippen molar-refractivity contribution in [2.24, 2.45) is 0 Å². The van der Waals surface area contributed by atoms with Crippen LogP contribution in [-0.2, 0) is 11.0 Å². The number of carbonyl (C=O) groups is 2. The lowest BCUT2D eigenvalue weighted by Gasteiger charge is -2.15. The SMILES string of the molecule is CC1CC(NC(=O)c2cc(NC(=O)CCl)cc(C(F)(F)F)c2)c2nccn21. The molecule has 144 valence electrons. The Morgan fingerprint density at radius 2 is 2.07 bits per heavy atom. The van der Waals surface area contributed by atoms with Crippen LogP contribution in [0.3, 0.4) is 0 Å². The number of rotatable bonds is 4. The number of hydrogen-bond acceptors (Lipinski definition) is 3. The zero-order chi connectivity index (χ0) is 19.8. The van der Waals surface area contributed by atoms with Crippen molar-refractivity contribution in [2.75, 3.05) is 11.2 Å². The van der Waals surface area contributed by atoms with E-state index in [1.54, 1.807) is 12.4 Å². The molecule has 1 aromatic carbocycles. The van der Waals surface area contributed by atoms with Gasteiger partial charge in [-0.3, -0.25) is 9.59 Å². The number of alkyl halides is 4. The van der Waals surface area contributed by atoms with Crippen LogP contribution in [0.5, 0.6) is 0 Å². The first-order valence-corrected chi connectivity index (χ1v) is 8.64. The minimum atomic E-state index is -4.67. The molecule has 2 N–H and O–H groups in total. The number of aromatic nitrogens is 2. The maximum atomic E-state index is 13.2. The molecule has 6 nitrogen and oxygen atoms in total. The molecule has 0 saturated heterocycles. The number of nitrogens with zero attached hydrogens (tertiary/aromatic N) is 2. The van der Waals surface area contributed by atoms with Crippen LogP contribution < -0.4 is 10.6 Å². The summed E-state index contributed by atoms with van der Waals surface area (Å²) in [5.74, 6) is -1.12. The van der Waals surface area contributed by atoms with Gasteiger partial charge < -0.3 is 15.2 Å². The van der Waals surface area contributed by atoms with Crippen LogP contribution in [-0.4, -0.2) is 27.2 Å². The third kappa shape index (κ3) is 4.08. The van der Waals surface area contributed by atoms with E-state index in [1.807, 2.05) is 11.5 Å². The van der Waals surface area contributed by atoms with Gasteiger partial charge in [-0.15, -0.1) is 11.6 Å². The van der Waals surface area contributed by atoms with Gasteiger partial charge in [0, 0.05) is 29.7 Å². The quantitative estimate of drug-likeness (QED) is 0.771. The predicted octanol–water partition coefficient (Wildman–Crippen LogP) is 3.52. The first-order valence-electron chi connectivity index (χ1n) is 8.10. The number of hydrogen-bond donors (Lipinski definition) is 2. The van der Waals surface area contributed by atoms with Crippen LogP contribution in [0.25, 0.3) is 0 Å². The average Bonchev–Trinajstić information content (AvgIpc) is 3.19. The molecule has 0 saturated carbocycles. The zero-order valence-corrected chi connectivity index (χ0v) is 14.9. The molecular weight excluding hydrogens is 385 g/mol. The second-order valence-corrected chi connectivity index (χ2v) is 6.55. The molecule has 0 aliphatic carbocycles. The summed E-state index contributed by atoms with van der Waals surface area (Å²) >= 11 is 5.38. The van der Waals surface area contributed by atoms with Crippen molar-refractivity contribution in [3.05, 3.63) is 47.5 Å². The normalized spacial score (nSPS) is 18.9. The van der Waals surface area contributed by atoms with E-state index in [-0.39, 0.29) is 17.3 Å². The van der Waals surface area contributed by atoms with Crippen LogP contribution in [0, 0.1) is 0 Å². The lowest BCUT2D eigenvalue weighted by molar-refractivity contribution is -0.137. The molecule has 10 heteroatoms. The number of amides is 2. The highest BCUT2D eigenvalue weighted by Gasteiger charge is 2.33. The predicted molar refractivity (Wildman–Crippen MR) is 92.6 cm³/mol. The topological polar surface area (TPSA) is 76.0 Å². The number of halogens is 4. The van der Waals surface area contributed by atoms with Crippen molar-refractivity contribution in [1.29, 1.82) is 0 Å². The highest BCUT2D eigenvalue weighted by atomic mass is 35.5. The largest absolute Gasteiger partial charge is 0.416 e.